The molecule has 2 aromatic rings. The minimum absolute atomic E-state index is 0.104. The molecule has 0 saturated carbocycles. The van der Waals surface area contributed by atoms with Crippen molar-refractivity contribution in [2.24, 2.45) is 5.92 Å². The average Bonchev–Trinajstić information content (AvgIpc) is 3.31. The number of nitrogens with zero attached hydrogens (tertiary/aromatic N) is 3. The van der Waals surface area contributed by atoms with Crippen LogP contribution >= 0.6 is 0 Å². The molecule has 2 N–H and O–H groups in total. The molecule has 28 heavy (non-hydrogen) atoms. The van der Waals surface area contributed by atoms with Crippen molar-refractivity contribution >= 4 is 5.91 Å². The van der Waals surface area contributed by atoms with E-state index in [1.54, 1.807) is 0 Å². The molecule has 1 saturated heterocycles. The fraction of sp³-hybridized carbons (Fsp3) is 0.591. The molecule has 1 aliphatic rings. The summed E-state index contributed by atoms with van der Waals surface area (Å²) in [6.45, 7) is 11.5. The fourth-order valence-corrected chi connectivity index (χ4v) is 3.68. The van der Waals surface area contributed by atoms with Gasteiger partial charge >= 0.3 is 0 Å². The van der Waals surface area contributed by atoms with Crippen LogP contribution in [0.1, 0.15) is 68.7 Å². The molecule has 1 aromatic heterocycles. The van der Waals surface area contributed by atoms with Gasteiger partial charge in [0.2, 0.25) is 0 Å². The molecule has 0 aliphatic carbocycles. The first-order valence-electron chi connectivity index (χ1n) is 10.4. The third kappa shape index (κ3) is 4.79. The highest BCUT2D eigenvalue weighted by molar-refractivity contribution is 5.93. The standard InChI is InChI=1S/C22H33N5O/c1-5-6-19-20(21(28)24-14-12-16-11-13-23-15-16)25-26-27(19)18-9-7-17(8-10-18)22(2,3)4/h7-10,16,23H,5-6,11-15H2,1-4H3,(H,24,28). The third-order valence-corrected chi connectivity index (χ3v) is 5.44. The second-order valence-electron chi connectivity index (χ2n) is 8.75. The Labute approximate surface area is 168 Å². The maximum Gasteiger partial charge on any atom is 0.273 e. The van der Waals surface area contributed by atoms with Crippen molar-refractivity contribution in [2.45, 2.75) is 58.8 Å². The van der Waals surface area contributed by atoms with Gasteiger partial charge in [-0.2, -0.15) is 0 Å². The van der Waals surface area contributed by atoms with Gasteiger partial charge in [-0.25, -0.2) is 4.68 Å². The van der Waals surface area contributed by atoms with E-state index in [1.807, 2.05) is 4.68 Å². The Morgan fingerprint density at radius 3 is 2.64 bits per heavy atom. The van der Waals surface area contributed by atoms with Crippen molar-refractivity contribution in [3.63, 3.8) is 0 Å². The lowest BCUT2D eigenvalue weighted by molar-refractivity contribution is 0.0945. The van der Waals surface area contributed by atoms with Gasteiger partial charge in [0.15, 0.2) is 5.69 Å². The number of hydrogen-bond acceptors (Lipinski definition) is 4. The van der Waals surface area contributed by atoms with Gasteiger partial charge in [-0.3, -0.25) is 4.79 Å². The molecule has 0 spiro atoms. The van der Waals surface area contributed by atoms with E-state index in [4.69, 9.17) is 0 Å². The molecule has 152 valence electrons. The molecule has 1 unspecified atom stereocenters. The average molecular weight is 384 g/mol. The van der Waals surface area contributed by atoms with Crippen molar-refractivity contribution in [1.29, 1.82) is 0 Å². The van der Waals surface area contributed by atoms with Crippen LogP contribution in [0.4, 0.5) is 0 Å². The minimum Gasteiger partial charge on any atom is -0.351 e. The summed E-state index contributed by atoms with van der Waals surface area (Å²) in [5, 5.41) is 14.9. The van der Waals surface area contributed by atoms with Crippen molar-refractivity contribution < 1.29 is 4.79 Å². The quantitative estimate of drug-likeness (QED) is 0.770. The summed E-state index contributed by atoms with van der Waals surface area (Å²) >= 11 is 0. The van der Waals surface area contributed by atoms with Crippen molar-refractivity contribution in [1.82, 2.24) is 25.6 Å². The monoisotopic (exact) mass is 383 g/mol. The Hall–Kier alpha value is -2.21. The van der Waals surface area contributed by atoms with Gasteiger partial charge in [-0.15, -0.1) is 5.10 Å². The Morgan fingerprint density at radius 1 is 1.29 bits per heavy atom. The third-order valence-electron chi connectivity index (χ3n) is 5.44. The molecule has 3 rings (SSSR count). The van der Waals surface area contributed by atoms with Crippen LogP contribution in [0.2, 0.25) is 0 Å². The Balaban J connectivity index is 1.74. The minimum atomic E-state index is -0.119. The van der Waals surface area contributed by atoms with Gasteiger partial charge in [0.05, 0.1) is 11.4 Å². The van der Waals surface area contributed by atoms with Crippen LogP contribution in [0.25, 0.3) is 5.69 Å². The highest BCUT2D eigenvalue weighted by Crippen LogP contribution is 2.24. The molecule has 0 bridgehead atoms. The van der Waals surface area contributed by atoms with E-state index in [-0.39, 0.29) is 11.3 Å². The number of hydrogen-bond donors (Lipinski definition) is 2. The van der Waals surface area contributed by atoms with Crippen LogP contribution in [0, 0.1) is 5.92 Å². The second kappa shape index (κ2) is 8.86. The first-order chi connectivity index (χ1) is 13.4. The molecule has 1 aromatic carbocycles. The number of carbonyl (C=O) groups excluding carboxylic acids is 1. The number of nitrogens with one attached hydrogen (secondary N) is 2. The summed E-state index contributed by atoms with van der Waals surface area (Å²) in [5.74, 6) is 0.541. The molecule has 1 aliphatic heterocycles. The van der Waals surface area contributed by atoms with E-state index in [0.717, 1.165) is 43.7 Å². The molecule has 1 atom stereocenters. The predicted molar refractivity (Wildman–Crippen MR) is 112 cm³/mol. The number of rotatable bonds is 7. The highest BCUT2D eigenvalue weighted by Gasteiger charge is 2.21. The van der Waals surface area contributed by atoms with E-state index in [9.17, 15) is 4.79 Å². The molecule has 6 nitrogen and oxygen atoms in total. The van der Waals surface area contributed by atoms with E-state index < -0.39 is 0 Å². The molecular formula is C22H33N5O. The number of benzene rings is 1. The highest BCUT2D eigenvalue weighted by atomic mass is 16.2. The van der Waals surface area contributed by atoms with Crippen LogP contribution in [0.15, 0.2) is 24.3 Å². The van der Waals surface area contributed by atoms with E-state index in [0.29, 0.717) is 18.2 Å². The van der Waals surface area contributed by atoms with Crippen LogP contribution in [0.3, 0.4) is 0 Å². The Morgan fingerprint density at radius 2 is 2.04 bits per heavy atom. The van der Waals surface area contributed by atoms with Gasteiger partial charge < -0.3 is 10.6 Å². The lowest BCUT2D eigenvalue weighted by Crippen LogP contribution is -2.27. The van der Waals surface area contributed by atoms with Crippen LogP contribution in [-0.2, 0) is 11.8 Å². The predicted octanol–water partition coefficient (Wildman–Crippen LogP) is 3.25. The lowest BCUT2D eigenvalue weighted by Gasteiger charge is -2.19. The van der Waals surface area contributed by atoms with Gasteiger partial charge in [0.1, 0.15) is 0 Å². The molecule has 1 fully saturated rings. The van der Waals surface area contributed by atoms with Crippen molar-refractivity contribution in [3.8, 4) is 5.69 Å². The Kier molecular flexibility index (Phi) is 6.50. The second-order valence-corrected chi connectivity index (χ2v) is 8.75. The van der Waals surface area contributed by atoms with Crippen LogP contribution in [0.5, 0.6) is 0 Å². The maximum atomic E-state index is 12.7. The molecule has 1 amide bonds. The first kappa shape index (κ1) is 20.5. The summed E-state index contributed by atoms with van der Waals surface area (Å²) in [5.41, 5.74) is 3.65. The van der Waals surface area contributed by atoms with Crippen molar-refractivity contribution in [2.75, 3.05) is 19.6 Å². The van der Waals surface area contributed by atoms with E-state index >= 15 is 0 Å². The van der Waals surface area contributed by atoms with Crippen molar-refractivity contribution in [3.05, 3.63) is 41.2 Å². The molecule has 6 heteroatoms. The van der Waals surface area contributed by atoms with E-state index in [1.165, 1.54) is 12.0 Å². The summed E-state index contributed by atoms with van der Waals surface area (Å²) < 4.78 is 1.81. The zero-order valence-corrected chi connectivity index (χ0v) is 17.6. The summed E-state index contributed by atoms with van der Waals surface area (Å²) in [6.07, 6.45) is 3.90. The zero-order chi connectivity index (χ0) is 20.1. The topological polar surface area (TPSA) is 71.8 Å². The Bertz CT molecular complexity index is 782. The van der Waals surface area contributed by atoms with Crippen LogP contribution in [-0.4, -0.2) is 40.5 Å². The SMILES string of the molecule is CCCc1c(C(=O)NCCC2CCNC2)nnn1-c1ccc(C(C)(C)C)cc1. The first-order valence-corrected chi connectivity index (χ1v) is 10.4. The number of carbonyl (C=O) groups is 1. The molecule has 0 radical (unpaired) electrons. The summed E-state index contributed by atoms with van der Waals surface area (Å²) in [6, 6.07) is 8.37. The smallest absolute Gasteiger partial charge is 0.273 e. The normalized spacial score (nSPS) is 17.1. The van der Waals surface area contributed by atoms with Crippen LogP contribution < -0.4 is 10.6 Å². The largest absolute Gasteiger partial charge is 0.351 e. The zero-order valence-electron chi connectivity index (χ0n) is 17.6. The number of aromatic nitrogens is 3. The maximum absolute atomic E-state index is 12.7. The van der Waals surface area contributed by atoms with Gasteiger partial charge in [0.25, 0.3) is 5.91 Å². The molecule has 2 heterocycles. The van der Waals surface area contributed by atoms with Gasteiger partial charge in [-0.05, 0) is 61.4 Å². The van der Waals surface area contributed by atoms with E-state index in [2.05, 4.69) is 72.9 Å². The van der Waals surface area contributed by atoms with Gasteiger partial charge in [-0.1, -0.05) is 51.5 Å². The van der Waals surface area contributed by atoms with Gasteiger partial charge in [0, 0.05) is 6.54 Å². The lowest BCUT2D eigenvalue weighted by atomic mass is 9.87. The summed E-state index contributed by atoms with van der Waals surface area (Å²) in [4.78, 5) is 12.7. The fourth-order valence-electron chi connectivity index (χ4n) is 3.68. The molecular weight excluding hydrogens is 350 g/mol. The number of amides is 1. The summed E-state index contributed by atoms with van der Waals surface area (Å²) in [7, 11) is 0.